The first-order valence-electron chi connectivity index (χ1n) is 13.8. The van der Waals surface area contributed by atoms with Crippen LogP contribution in [0.25, 0.3) is 0 Å². The van der Waals surface area contributed by atoms with Gasteiger partial charge in [-0.1, -0.05) is 83.1 Å². The smallest absolute Gasteiger partial charge is 0.0685 e. The maximum absolute atomic E-state index is 6.30. The second-order valence-electron chi connectivity index (χ2n) is 12.2. The number of hydroxylamine groups is 2. The molecular formula is C30H51NO. The van der Waals surface area contributed by atoms with Crippen LogP contribution in [0.2, 0.25) is 0 Å². The van der Waals surface area contributed by atoms with Crippen LogP contribution < -0.4 is 0 Å². The molecule has 0 spiro atoms. The summed E-state index contributed by atoms with van der Waals surface area (Å²) < 4.78 is 0. The Morgan fingerprint density at radius 1 is 0.812 bits per heavy atom. The van der Waals surface area contributed by atoms with Crippen LogP contribution >= 0.6 is 0 Å². The highest BCUT2D eigenvalue weighted by molar-refractivity contribution is 5.27. The van der Waals surface area contributed by atoms with Crippen LogP contribution in [0, 0.1) is 11.8 Å². The zero-order valence-corrected chi connectivity index (χ0v) is 22.1. The number of aryl methyl sites for hydroxylation is 1. The summed E-state index contributed by atoms with van der Waals surface area (Å²) >= 11 is 0. The van der Waals surface area contributed by atoms with E-state index in [4.69, 9.17) is 4.84 Å². The summed E-state index contributed by atoms with van der Waals surface area (Å²) in [6.45, 7) is 14.8. The predicted molar refractivity (Wildman–Crippen MR) is 138 cm³/mol. The average molecular weight is 442 g/mol. The number of hydrogen-bond acceptors (Lipinski definition) is 2. The van der Waals surface area contributed by atoms with Crippen molar-refractivity contribution in [1.29, 1.82) is 0 Å². The molecule has 0 amide bonds. The molecule has 1 aliphatic carbocycles. The third kappa shape index (κ3) is 6.83. The second kappa shape index (κ2) is 11.5. The van der Waals surface area contributed by atoms with E-state index in [1.54, 1.807) is 0 Å². The van der Waals surface area contributed by atoms with Gasteiger partial charge in [0.1, 0.15) is 0 Å². The molecule has 2 heteroatoms. The van der Waals surface area contributed by atoms with Gasteiger partial charge in [-0.3, -0.25) is 4.84 Å². The van der Waals surface area contributed by atoms with E-state index < -0.39 is 0 Å². The minimum atomic E-state index is 0.0510. The maximum Gasteiger partial charge on any atom is 0.0685 e. The lowest BCUT2D eigenvalue weighted by molar-refractivity contribution is -0.283. The van der Waals surface area contributed by atoms with Crippen molar-refractivity contribution < 1.29 is 4.84 Å². The van der Waals surface area contributed by atoms with E-state index >= 15 is 0 Å². The van der Waals surface area contributed by atoms with Crippen molar-refractivity contribution in [1.82, 2.24) is 5.06 Å². The highest BCUT2D eigenvalue weighted by Gasteiger charge is 2.46. The zero-order valence-electron chi connectivity index (χ0n) is 22.1. The van der Waals surface area contributed by atoms with Crippen LogP contribution in [0.4, 0.5) is 0 Å². The van der Waals surface area contributed by atoms with Crippen LogP contribution in [0.5, 0.6) is 0 Å². The summed E-state index contributed by atoms with van der Waals surface area (Å²) in [4.78, 5) is 6.30. The van der Waals surface area contributed by atoms with E-state index in [0.29, 0.717) is 5.92 Å². The highest BCUT2D eigenvalue weighted by atomic mass is 16.7. The van der Waals surface area contributed by atoms with E-state index in [9.17, 15) is 0 Å². The number of rotatable bonds is 10. The molecule has 1 saturated carbocycles. The Hall–Kier alpha value is -0.860. The molecule has 1 aromatic carbocycles. The lowest BCUT2D eigenvalue weighted by Crippen LogP contribution is -2.59. The molecular weight excluding hydrogens is 390 g/mol. The zero-order chi connectivity index (χ0) is 23.2. The molecule has 0 aromatic heterocycles. The number of piperidine rings is 1. The first-order chi connectivity index (χ1) is 15.2. The lowest BCUT2D eigenvalue weighted by atomic mass is 9.72. The second-order valence-corrected chi connectivity index (χ2v) is 12.2. The minimum absolute atomic E-state index is 0.0510. The molecule has 1 aromatic rings. The Kier molecular flexibility index (Phi) is 9.27. The van der Waals surface area contributed by atoms with Crippen LogP contribution in [0.1, 0.15) is 129 Å². The van der Waals surface area contributed by atoms with Gasteiger partial charge in [0.15, 0.2) is 0 Å². The van der Waals surface area contributed by atoms with Gasteiger partial charge in [0.25, 0.3) is 0 Å². The van der Waals surface area contributed by atoms with E-state index in [1.807, 2.05) is 0 Å². The van der Waals surface area contributed by atoms with Crippen molar-refractivity contribution in [3.8, 4) is 0 Å². The quantitative estimate of drug-likeness (QED) is 0.337. The fraction of sp³-hybridized carbons (Fsp3) is 0.800. The molecule has 0 unspecified atom stereocenters. The molecule has 0 bridgehead atoms. The fourth-order valence-corrected chi connectivity index (χ4v) is 6.69. The van der Waals surface area contributed by atoms with E-state index in [0.717, 1.165) is 37.7 Å². The predicted octanol–water partition coefficient (Wildman–Crippen LogP) is 8.69. The highest BCUT2D eigenvalue weighted by Crippen LogP contribution is 2.46. The molecule has 32 heavy (non-hydrogen) atoms. The van der Waals surface area contributed by atoms with Gasteiger partial charge in [0.05, 0.1) is 6.61 Å². The van der Waals surface area contributed by atoms with Gasteiger partial charge in [-0.2, -0.15) is 5.06 Å². The van der Waals surface area contributed by atoms with Gasteiger partial charge in [-0.25, -0.2) is 0 Å². The number of benzene rings is 1. The van der Waals surface area contributed by atoms with Crippen LogP contribution in [-0.2, 0) is 11.3 Å². The van der Waals surface area contributed by atoms with Crippen molar-refractivity contribution in [3.05, 3.63) is 35.4 Å². The number of unbranched alkanes of at least 4 members (excludes halogenated alkanes) is 1. The Balaban J connectivity index is 1.53. The normalized spacial score (nSPS) is 26.3. The van der Waals surface area contributed by atoms with Crippen molar-refractivity contribution in [3.63, 3.8) is 0 Å². The molecule has 0 radical (unpaired) electrons. The lowest BCUT2D eigenvalue weighted by Gasteiger charge is -2.54. The van der Waals surface area contributed by atoms with E-state index in [2.05, 4.69) is 70.9 Å². The van der Waals surface area contributed by atoms with Crippen molar-refractivity contribution >= 4 is 0 Å². The molecule has 3 rings (SSSR count). The maximum atomic E-state index is 6.30. The minimum Gasteiger partial charge on any atom is -0.298 e. The first kappa shape index (κ1) is 25.8. The van der Waals surface area contributed by atoms with E-state index in [1.165, 1.54) is 68.9 Å². The molecule has 0 atom stereocenters. The SMILES string of the molecule is CCCCON1C(C)(C)CC(c2ccc(CCC3CCC(CCC)CC3)cc2)CC1(C)C. The third-order valence-corrected chi connectivity index (χ3v) is 8.27. The van der Waals surface area contributed by atoms with Crippen LogP contribution in [0.3, 0.4) is 0 Å². The Morgan fingerprint density at radius 2 is 1.38 bits per heavy atom. The van der Waals surface area contributed by atoms with Gasteiger partial charge in [0.2, 0.25) is 0 Å². The topological polar surface area (TPSA) is 12.5 Å². The summed E-state index contributed by atoms with van der Waals surface area (Å²) in [5, 5.41) is 2.32. The van der Waals surface area contributed by atoms with Gasteiger partial charge in [-0.05, 0) is 88.7 Å². The van der Waals surface area contributed by atoms with Gasteiger partial charge >= 0.3 is 0 Å². The first-order valence-corrected chi connectivity index (χ1v) is 13.8. The summed E-state index contributed by atoms with van der Waals surface area (Å²) in [6.07, 6.45) is 16.0. The third-order valence-electron chi connectivity index (χ3n) is 8.27. The van der Waals surface area contributed by atoms with Crippen LogP contribution in [-0.4, -0.2) is 22.7 Å². The Bertz CT molecular complexity index is 651. The summed E-state index contributed by atoms with van der Waals surface area (Å²) in [5.74, 6) is 2.59. The molecule has 1 aliphatic heterocycles. The summed E-state index contributed by atoms with van der Waals surface area (Å²) in [5.41, 5.74) is 3.15. The van der Waals surface area contributed by atoms with Crippen molar-refractivity contribution in [2.24, 2.45) is 11.8 Å². The Labute approximate surface area is 199 Å². The number of nitrogens with zero attached hydrogens (tertiary/aromatic N) is 1. The van der Waals surface area contributed by atoms with Crippen LogP contribution in [0.15, 0.2) is 24.3 Å². The molecule has 1 heterocycles. The van der Waals surface area contributed by atoms with Gasteiger partial charge < -0.3 is 0 Å². The fourth-order valence-electron chi connectivity index (χ4n) is 6.69. The monoisotopic (exact) mass is 441 g/mol. The van der Waals surface area contributed by atoms with Gasteiger partial charge in [-0.15, -0.1) is 0 Å². The standard InChI is InChI=1S/C30H51NO/c1-7-9-21-32-31-29(3,4)22-28(23-30(31,5)6)27-19-17-26(18-20-27)16-15-25-13-11-24(10-8-2)12-14-25/h17-20,24-25,28H,7-16,21-23H2,1-6H3. The Morgan fingerprint density at radius 3 is 1.91 bits per heavy atom. The molecule has 0 N–H and O–H groups in total. The summed E-state index contributed by atoms with van der Waals surface area (Å²) in [7, 11) is 0. The molecule has 2 nitrogen and oxygen atoms in total. The summed E-state index contributed by atoms with van der Waals surface area (Å²) in [6, 6.07) is 9.69. The van der Waals surface area contributed by atoms with Crippen molar-refractivity contribution in [2.75, 3.05) is 6.61 Å². The average Bonchev–Trinajstić information content (AvgIpc) is 2.75. The number of hydrogen-bond donors (Lipinski definition) is 0. The van der Waals surface area contributed by atoms with Crippen molar-refractivity contribution in [2.45, 2.75) is 136 Å². The molecule has 1 saturated heterocycles. The van der Waals surface area contributed by atoms with E-state index in [-0.39, 0.29) is 11.1 Å². The largest absolute Gasteiger partial charge is 0.298 e. The van der Waals surface area contributed by atoms with Gasteiger partial charge in [0, 0.05) is 11.1 Å². The molecule has 2 fully saturated rings. The molecule has 2 aliphatic rings. The molecule has 182 valence electrons.